The monoisotopic (exact) mass is 294 g/mol. The van der Waals surface area contributed by atoms with Crippen molar-refractivity contribution in [2.45, 2.75) is 38.1 Å². The topological polar surface area (TPSA) is 57.3 Å². The molecule has 5 nitrogen and oxygen atoms in total. The third kappa shape index (κ3) is 3.30. The van der Waals surface area contributed by atoms with E-state index >= 15 is 0 Å². The minimum Gasteiger partial charge on any atom is -0.354 e. The maximum absolute atomic E-state index is 11.9. The van der Waals surface area contributed by atoms with Crippen molar-refractivity contribution in [3.63, 3.8) is 0 Å². The minimum absolute atomic E-state index is 0.0191. The lowest BCUT2D eigenvalue weighted by molar-refractivity contribution is -0.122. The Balaban J connectivity index is 1.43. The lowest BCUT2D eigenvalue weighted by Gasteiger charge is -2.12. The summed E-state index contributed by atoms with van der Waals surface area (Å²) in [5.74, 6) is 0.137. The second-order valence-electron chi connectivity index (χ2n) is 5.51. The van der Waals surface area contributed by atoms with E-state index in [1.54, 1.807) is 11.3 Å². The van der Waals surface area contributed by atoms with Crippen molar-refractivity contribution in [1.29, 1.82) is 0 Å². The number of nitrogens with one attached hydrogen (secondary N) is 2. The standard InChI is InChI=1S/C14H22N4OS/c19-13(12-4-3-6-15-12)16-7-5-11-10-20-14(17-11)18-8-1-2-9-18/h10,12,15H,1-9H2,(H,16,19). The van der Waals surface area contributed by atoms with E-state index in [1.807, 2.05) is 0 Å². The summed E-state index contributed by atoms with van der Waals surface area (Å²) in [5, 5.41) is 9.47. The predicted molar refractivity (Wildman–Crippen MR) is 81.3 cm³/mol. The summed E-state index contributed by atoms with van der Waals surface area (Å²) in [7, 11) is 0. The summed E-state index contributed by atoms with van der Waals surface area (Å²) in [6, 6.07) is 0.0191. The first kappa shape index (κ1) is 13.8. The van der Waals surface area contributed by atoms with E-state index in [-0.39, 0.29) is 11.9 Å². The summed E-state index contributed by atoms with van der Waals surface area (Å²) >= 11 is 1.72. The van der Waals surface area contributed by atoms with Crippen LogP contribution in [0.15, 0.2) is 5.38 Å². The number of anilines is 1. The number of carbonyl (C=O) groups excluding carboxylic acids is 1. The number of hydrogen-bond donors (Lipinski definition) is 2. The first-order valence-corrected chi connectivity index (χ1v) is 8.41. The van der Waals surface area contributed by atoms with Gasteiger partial charge < -0.3 is 15.5 Å². The van der Waals surface area contributed by atoms with E-state index in [2.05, 4.69) is 25.9 Å². The summed E-state index contributed by atoms with van der Waals surface area (Å²) < 4.78 is 0. The third-order valence-corrected chi connectivity index (χ3v) is 4.92. The number of thiazole rings is 1. The molecule has 3 heterocycles. The van der Waals surface area contributed by atoms with Gasteiger partial charge in [0.1, 0.15) is 0 Å². The highest BCUT2D eigenvalue weighted by Gasteiger charge is 2.21. The summed E-state index contributed by atoms with van der Waals surface area (Å²) in [6.07, 6.45) is 5.44. The Morgan fingerprint density at radius 3 is 3.05 bits per heavy atom. The zero-order chi connectivity index (χ0) is 13.8. The van der Waals surface area contributed by atoms with Crippen LogP contribution in [0.1, 0.15) is 31.4 Å². The van der Waals surface area contributed by atoms with Crippen LogP contribution in [0.5, 0.6) is 0 Å². The van der Waals surface area contributed by atoms with Gasteiger partial charge in [0.2, 0.25) is 5.91 Å². The average molecular weight is 294 g/mol. The normalized spacial score (nSPS) is 22.4. The van der Waals surface area contributed by atoms with Crippen molar-refractivity contribution in [2.75, 3.05) is 31.1 Å². The van der Waals surface area contributed by atoms with Crippen LogP contribution in [0.4, 0.5) is 5.13 Å². The third-order valence-electron chi connectivity index (χ3n) is 3.97. The molecule has 2 aliphatic rings. The maximum atomic E-state index is 11.9. The minimum atomic E-state index is 0.0191. The van der Waals surface area contributed by atoms with Gasteiger partial charge in [0.25, 0.3) is 0 Å². The highest BCUT2D eigenvalue weighted by Crippen LogP contribution is 2.24. The molecule has 1 amide bonds. The molecule has 2 saturated heterocycles. The van der Waals surface area contributed by atoms with E-state index in [1.165, 1.54) is 12.8 Å². The van der Waals surface area contributed by atoms with Crippen LogP contribution in [-0.4, -0.2) is 43.1 Å². The van der Waals surface area contributed by atoms with Crippen LogP contribution in [0.2, 0.25) is 0 Å². The van der Waals surface area contributed by atoms with Gasteiger partial charge >= 0.3 is 0 Å². The van der Waals surface area contributed by atoms with E-state index < -0.39 is 0 Å². The molecule has 0 spiro atoms. The lowest BCUT2D eigenvalue weighted by atomic mass is 10.2. The van der Waals surface area contributed by atoms with Gasteiger partial charge in [-0.1, -0.05) is 0 Å². The largest absolute Gasteiger partial charge is 0.354 e. The molecule has 0 aromatic carbocycles. The van der Waals surface area contributed by atoms with E-state index in [9.17, 15) is 4.79 Å². The van der Waals surface area contributed by atoms with Gasteiger partial charge in [-0.25, -0.2) is 4.98 Å². The molecule has 2 N–H and O–H groups in total. The number of amides is 1. The Kier molecular flexibility index (Phi) is 4.52. The quantitative estimate of drug-likeness (QED) is 0.855. The summed E-state index contributed by atoms with van der Waals surface area (Å²) in [5.41, 5.74) is 1.09. The fourth-order valence-electron chi connectivity index (χ4n) is 2.81. The van der Waals surface area contributed by atoms with Crippen LogP contribution >= 0.6 is 11.3 Å². The van der Waals surface area contributed by atoms with Gasteiger partial charge in [0.05, 0.1) is 11.7 Å². The number of rotatable bonds is 5. The van der Waals surface area contributed by atoms with Crippen LogP contribution in [0.25, 0.3) is 0 Å². The van der Waals surface area contributed by atoms with Crippen molar-refractivity contribution in [3.8, 4) is 0 Å². The van der Waals surface area contributed by atoms with Gasteiger partial charge in [-0.2, -0.15) is 0 Å². The van der Waals surface area contributed by atoms with Crippen LogP contribution in [0, 0.1) is 0 Å². The average Bonchev–Trinajstić information content (AvgIpc) is 3.20. The molecule has 2 aliphatic heterocycles. The Morgan fingerprint density at radius 1 is 1.45 bits per heavy atom. The Morgan fingerprint density at radius 2 is 2.30 bits per heavy atom. The molecular formula is C14H22N4OS. The van der Waals surface area contributed by atoms with Crippen LogP contribution in [-0.2, 0) is 11.2 Å². The van der Waals surface area contributed by atoms with Crippen molar-refractivity contribution in [2.24, 2.45) is 0 Å². The van der Waals surface area contributed by atoms with Crippen LogP contribution in [0.3, 0.4) is 0 Å². The van der Waals surface area contributed by atoms with Crippen molar-refractivity contribution >= 4 is 22.4 Å². The molecule has 1 unspecified atom stereocenters. The second kappa shape index (κ2) is 6.54. The zero-order valence-corrected chi connectivity index (χ0v) is 12.5. The van der Waals surface area contributed by atoms with E-state index in [0.717, 1.165) is 49.7 Å². The second-order valence-corrected chi connectivity index (χ2v) is 6.34. The van der Waals surface area contributed by atoms with Crippen molar-refractivity contribution in [1.82, 2.24) is 15.6 Å². The smallest absolute Gasteiger partial charge is 0.237 e. The Labute approximate surface area is 123 Å². The molecule has 0 aliphatic carbocycles. The number of hydrogen-bond acceptors (Lipinski definition) is 5. The fraction of sp³-hybridized carbons (Fsp3) is 0.714. The number of nitrogens with zero attached hydrogens (tertiary/aromatic N) is 2. The molecule has 110 valence electrons. The Hall–Kier alpha value is -1.14. The molecule has 1 aromatic rings. The molecule has 0 saturated carbocycles. The molecular weight excluding hydrogens is 272 g/mol. The van der Waals surface area contributed by atoms with Gasteiger partial charge in [-0.3, -0.25) is 4.79 Å². The molecule has 20 heavy (non-hydrogen) atoms. The molecule has 6 heteroatoms. The fourth-order valence-corrected chi connectivity index (χ4v) is 3.72. The highest BCUT2D eigenvalue weighted by molar-refractivity contribution is 7.13. The lowest BCUT2D eigenvalue weighted by Crippen LogP contribution is -2.41. The van der Waals surface area contributed by atoms with Gasteiger partial charge in [0, 0.05) is 31.4 Å². The van der Waals surface area contributed by atoms with Gasteiger partial charge in [-0.15, -0.1) is 11.3 Å². The molecule has 1 atom stereocenters. The van der Waals surface area contributed by atoms with Crippen LogP contribution < -0.4 is 15.5 Å². The molecule has 3 rings (SSSR count). The first-order valence-electron chi connectivity index (χ1n) is 7.53. The molecule has 2 fully saturated rings. The SMILES string of the molecule is O=C(NCCc1csc(N2CCCC2)n1)C1CCCN1. The molecule has 0 bridgehead atoms. The number of aromatic nitrogens is 1. The van der Waals surface area contributed by atoms with Gasteiger partial charge in [-0.05, 0) is 32.2 Å². The molecule has 0 radical (unpaired) electrons. The molecule has 1 aromatic heterocycles. The van der Waals surface area contributed by atoms with Crippen molar-refractivity contribution in [3.05, 3.63) is 11.1 Å². The predicted octanol–water partition coefficient (Wildman–Crippen LogP) is 1.15. The Bertz CT molecular complexity index is 450. The summed E-state index contributed by atoms with van der Waals surface area (Å²) in [4.78, 5) is 18.9. The van der Waals surface area contributed by atoms with Gasteiger partial charge in [0.15, 0.2) is 5.13 Å². The highest BCUT2D eigenvalue weighted by atomic mass is 32.1. The van der Waals surface area contributed by atoms with E-state index in [4.69, 9.17) is 0 Å². The zero-order valence-electron chi connectivity index (χ0n) is 11.7. The summed E-state index contributed by atoms with van der Waals surface area (Å²) in [6.45, 7) is 3.91. The first-order chi connectivity index (χ1) is 9.83. The maximum Gasteiger partial charge on any atom is 0.237 e. The van der Waals surface area contributed by atoms with Crippen molar-refractivity contribution < 1.29 is 4.79 Å². The number of carbonyl (C=O) groups is 1. The van der Waals surface area contributed by atoms with E-state index in [0.29, 0.717) is 6.54 Å².